The maximum atomic E-state index is 2.39. The summed E-state index contributed by atoms with van der Waals surface area (Å²) >= 11 is 1.89. The number of benzene rings is 8. The van der Waals surface area contributed by atoms with Crippen molar-refractivity contribution in [1.82, 2.24) is 0 Å². The van der Waals surface area contributed by atoms with Crippen LogP contribution in [0.3, 0.4) is 0 Å². The Morgan fingerprint density at radius 3 is 1.60 bits per heavy atom. The summed E-state index contributed by atoms with van der Waals surface area (Å²) in [4.78, 5) is 0. The third-order valence-corrected chi connectivity index (χ3v) is 10.00. The smallest absolute Gasteiger partial charge is 0.0361 e. The zero-order valence-corrected chi connectivity index (χ0v) is 24.2. The van der Waals surface area contributed by atoms with E-state index in [-0.39, 0.29) is 0 Å². The van der Waals surface area contributed by atoms with E-state index in [1.807, 2.05) is 11.3 Å². The second-order valence-electron chi connectivity index (χ2n) is 11.2. The van der Waals surface area contributed by atoms with Gasteiger partial charge in [-0.1, -0.05) is 140 Å². The van der Waals surface area contributed by atoms with Crippen LogP contribution in [0.15, 0.2) is 158 Å². The van der Waals surface area contributed by atoms with E-state index >= 15 is 0 Å². The molecule has 9 rings (SSSR count). The van der Waals surface area contributed by atoms with Crippen LogP contribution in [0.25, 0.3) is 85.9 Å². The zero-order valence-electron chi connectivity index (χ0n) is 23.4. The van der Waals surface area contributed by atoms with Crippen molar-refractivity contribution in [3.8, 4) is 33.4 Å². The van der Waals surface area contributed by atoms with Gasteiger partial charge in [0.1, 0.15) is 0 Å². The average Bonchev–Trinajstić information content (AvgIpc) is 3.46. The van der Waals surface area contributed by atoms with Crippen molar-refractivity contribution in [3.05, 3.63) is 158 Å². The molecule has 1 heteroatoms. The van der Waals surface area contributed by atoms with Crippen LogP contribution in [-0.4, -0.2) is 0 Å². The number of fused-ring (bicyclic) bond motifs is 6. The lowest BCUT2D eigenvalue weighted by Gasteiger charge is -2.19. The third kappa shape index (κ3) is 3.75. The van der Waals surface area contributed by atoms with Gasteiger partial charge in [0.25, 0.3) is 0 Å². The fourth-order valence-corrected chi connectivity index (χ4v) is 8.11. The summed E-state index contributed by atoms with van der Waals surface area (Å²) < 4.78 is 2.65. The van der Waals surface area contributed by atoms with Crippen molar-refractivity contribution >= 4 is 63.8 Å². The molecule has 0 amide bonds. The summed E-state index contributed by atoms with van der Waals surface area (Å²) in [5.74, 6) is 0. The maximum absolute atomic E-state index is 2.39. The van der Waals surface area contributed by atoms with Crippen LogP contribution in [0.2, 0.25) is 0 Å². The lowest BCUT2D eigenvalue weighted by molar-refractivity contribution is 1.66. The molecule has 200 valence electrons. The van der Waals surface area contributed by atoms with Gasteiger partial charge in [-0.2, -0.15) is 0 Å². The first-order valence-corrected chi connectivity index (χ1v) is 15.6. The molecule has 0 aliphatic carbocycles. The first-order valence-electron chi connectivity index (χ1n) is 14.8. The molecule has 0 bridgehead atoms. The Morgan fingerprint density at radius 2 is 0.884 bits per heavy atom. The van der Waals surface area contributed by atoms with E-state index in [2.05, 4.69) is 158 Å². The van der Waals surface area contributed by atoms with Crippen molar-refractivity contribution in [3.63, 3.8) is 0 Å². The lowest BCUT2D eigenvalue weighted by Crippen LogP contribution is -1.92. The van der Waals surface area contributed by atoms with Gasteiger partial charge in [-0.3, -0.25) is 0 Å². The van der Waals surface area contributed by atoms with Gasteiger partial charge in [0.15, 0.2) is 0 Å². The van der Waals surface area contributed by atoms with Crippen LogP contribution in [0.4, 0.5) is 0 Å². The normalized spacial score (nSPS) is 11.7. The largest absolute Gasteiger partial charge is 0.135 e. The number of hydrogen-bond acceptors (Lipinski definition) is 1. The van der Waals surface area contributed by atoms with E-state index in [1.165, 1.54) is 85.9 Å². The molecular weight excluding hydrogens is 537 g/mol. The van der Waals surface area contributed by atoms with Crippen molar-refractivity contribution in [1.29, 1.82) is 0 Å². The molecule has 0 spiro atoms. The van der Waals surface area contributed by atoms with Gasteiger partial charge in [0.2, 0.25) is 0 Å². The Bertz CT molecular complexity index is 2440. The van der Waals surface area contributed by atoms with Gasteiger partial charge in [0.05, 0.1) is 0 Å². The molecular formula is C42H26S. The monoisotopic (exact) mass is 562 g/mol. The molecule has 0 aliphatic heterocycles. The summed E-state index contributed by atoms with van der Waals surface area (Å²) in [7, 11) is 0. The zero-order chi connectivity index (χ0) is 28.3. The average molecular weight is 563 g/mol. The minimum Gasteiger partial charge on any atom is -0.135 e. The van der Waals surface area contributed by atoms with E-state index in [0.29, 0.717) is 0 Å². The molecule has 0 nitrogen and oxygen atoms in total. The van der Waals surface area contributed by atoms with Gasteiger partial charge in [-0.05, 0) is 83.9 Å². The van der Waals surface area contributed by atoms with E-state index in [0.717, 1.165) is 0 Å². The van der Waals surface area contributed by atoms with Crippen molar-refractivity contribution < 1.29 is 0 Å². The topological polar surface area (TPSA) is 0 Å². The van der Waals surface area contributed by atoms with Crippen LogP contribution in [0, 0.1) is 0 Å². The Labute approximate surface area is 254 Å². The quantitative estimate of drug-likeness (QED) is 0.188. The molecule has 0 fully saturated rings. The van der Waals surface area contributed by atoms with E-state index in [9.17, 15) is 0 Å². The van der Waals surface area contributed by atoms with Crippen molar-refractivity contribution in [2.75, 3.05) is 0 Å². The van der Waals surface area contributed by atoms with Crippen LogP contribution in [0.5, 0.6) is 0 Å². The van der Waals surface area contributed by atoms with E-state index in [1.54, 1.807) is 0 Å². The summed E-state index contributed by atoms with van der Waals surface area (Å²) in [6, 6.07) is 57.9. The standard InChI is InChI=1S/C42H26S/c1-2-12-27(13-3-1)29-24-25-38-37(26-29)42-36(22-11-23-39(42)43-38)41-34-19-8-6-17-32(34)40(33-18-7-9-20-35(33)41)31-21-10-15-28-14-4-5-16-30(28)31/h1-26H. The molecule has 0 aliphatic rings. The Hall–Kier alpha value is -5.24. The van der Waals surface area contributed by atoms with E-state index in [4.69, 9.17) is 0 Å². The number of thiophene rings is 1. The highest BCUT2D eigenvalue weighted by molar-refractivity contribution is 7.26. The maximum Gasteiger partial charge on any atom is 0.0361 e. The van der Waals surface area contributed by atoms with Gasteiger partial charge < -0.3 is 0 Å². The first kappa shape index (κ1) is 24.4. The highest BCUT2D eigenvalue weighted by Crippen LogP contribution is 2.49. The number of hydrogen-bond donors (Lipinski definition) is 0. The minimum atomic E-state index is 1.25. The molecule has 0 saturated heterocycles. The molecule has 1 heterocycles. The third-order valence-electron chi connectivity index (χ3n) is 8.86. The Kier molecular flexibility index (Phi) is 5.47. The second kappa shape index (κ2) is 9.66. The Morgan fingerprint density at radius 1 is 0.326 bits per heavy atom. The molecule has 9 aromatic rings. The molecule has 0 saturated carbocycles. The molecule has 0 unspecified atom stereocenters. The van der Waals surface area contributed by atoms with Crippen molar-refractivity contribution in [2.24, 2.45) is 0 Å². The van der Waals surface area contributed by atoms with Gasteiger partial charge in [-0.15, -0.1) is 11.3 Å². The van der Waals surface area contributed by atoms with Gasteiger partial charge >= 0.3 is 0 Å². The molecule has 0 N–H and O–H groups in total. The highest BCUT2D eigenvalue weighted by atomic mass is 32.1. The van der Waals surface area contributed by atoms with E-state index < -0.39 is 0 Å². The summed E-state index contributed by atoms with van der Waals surface area (Å²) in [5.41, 5.74) is 7.70. The first-order chi connectivity index (χ1) is 21.3. The Balaban J connectivity index is 1.42. The summed E-state index contributed by atoms with van der Waals surface area (Å²) in [6.45, 7) is 0. The fourth-order valence-electron chi connectivity index (χ4n) is 7.00. The van der Waals surface area contributed by atoms with Gasteiger partial charge in [-0.25, -0.2) is 0 Å². The van der Waals surface area contributed by atoms with Crippen LogP contribution < -0.4 is 0 Å². The summed E-state index contributed by atoms with van der Waals surface area (Å²) in [5, 5.41) is 10.4. The molecule has 0 radical (unpaired) electrons. The van der Waals surface area contributed by atoms with Crippen LogP contribution in [-0.2, 0) is 0 Å². The summed E-state index contributed by atoms with van der Waals surface area (Å²) in [6.07, 6.45) is 0. The molecule has 8 aromatic carbocycles. The van der Waals surface area contributed by atoms with Crippen LogP contribution >= 0.6 is 11.3 Å². The predicted octanol–water partition coefficient (Wildman–Crippen LogP) is 12.5. The highest BCUT2D eigenvalue weighted by Gasteiger charge is 2.20. The SMILES string of the molecule is c1ccc(-c2ccc3sc4cccc(-c5c6ccccc6c(-c6cccc7ccccc67)c6ccccc56)c4c3c2)cc1. The molecule has 1 aromatic heterocycles. The fraction of sp³-hybridized carbons (Fsp3) is 0. The van der Waals surface area contributed by atoms with Gasteiger partial charge in [0, 0.05) is 20.2 Å². The van der Waals surface area contributed by atoms with Crippen molar-refractivity contribution in [2.45, 2.75) is 0 Å². The number of rotatable bonds is 3. The second-order valence-corrected chi connectivity index (χ2v) is 12.3. The van der Waals surface area contributed by atoms with Crippen LogP contribution in [0.1, 0.15) is 0 Å². The molecule has 43 heavy (non-hydrogen) atoms. The lowest BCUT2D eigenvalue weighted by atomic mass is 9.84. The molecule has 0 atom stereocenters. The predicted molar refractivity (Wildman–Crippen MR) is 188 cm³/mol. The minimum absolute atomic E-state index is 1.25.